The lowest BCUT2D eigenvalue weighted by Gasteiger charge is -2.31. The summed E-state index contributed by atoms with van der Waals surface area (Å²) < 4.78 is 49.1. The molecule has 0 saturated heterocycles. The Bertz CT molecular complexity index is 843. The van der Waals surface area contributed by atoms with Gasteiger partial charge in [-0.2, -0.15) is 0 Å². The first-order valence-electron chi connectivity index (χ1n) is 15.0. The SMILES string of the molecule is c1ccc2c(c1)OCCOC1CCCCC1OCCOc1ccccc1OCCOC1CCCCC1OCCO2. The lowest BCUT2D eigenvalue weighted by molar-refractivity contribution is -0.101. The summed E-state index contributed by atoms with van der Waals surface area (Å²) in [6, 6.07) is 15.5. The van der Waals surface area contributed by atoms with E-state index >= 15 is 0 Å². The predicted molar refractivity (Wildman–Crippen MR) is 151 cm³/mol. The summed E-state index contributed by atoms with van der Waals surface area (Å²) in [7, 11) is 0. The molecule has 0 radical (unpaired) electrons. The van der Waals surface area contributed by atoms with Crippen LogP contribution in [0.15, 0.2) is 48.5 Å². The molecule has 1 heterocycles. The van der Waals surface area contributed by atoms with Crippen molar-refractivity contribution in [3.63, 3.8) is 0 Å². The average Bonchev–Trinajstić information content (AvgIpc) is 3.00. The fourth-order valence-electron chi connectivity index (χ4n) is 5.67. The zero-order valence-corrected chi connectivity index (χ0v) is 23.5. The van der Waals surface area contributed by atoms with E-state index in [1.165, 1.54) is 0 Å². The van der Waals surface area contributed by atoms with Gasteiger partial charge in [0.05, 0.1) is 50.8 Å². The Morgan fingerprint density at radius 1 is 0.350 bits per heavy atom. The standard InChI is InChI=1S/C32H44O8/c1-2-10-26-25(9-1)33-17-18-35-27-11-3-4-12-28(27)37-21-22-39-31-15-7-8-16-32(31)40-24-23-38-30-14-6-5-13-29(30)36-20-19-34-26/h1-2,7-10,15-16,27-30H,3-6,11-14,17-24H2. The highest BCUT2D eigenvalue weighted by Crippen LogP contribution is 2.29. The first-order valence-corrected chi connectivity index (χ1v) is 15.0. The maximum Gasteiger partial charge on any atom is 0.161 e. The highest BCUT2D eigenvalue weighted by atomic mass is 16.6. The van der Waals surface area contributed by atoms with E-state index in [9.17, 15) is 0 Å². The fourth-order valence-corrected chi connectivity index (χ4v) is 5.67. The quantitative estimate of drug-likeness (QED) is 0.415. The molecule has 2 fully saturated rings. The Kier molecular flexibility index (Phi) is 11.6. The Balaban J connectivity index is 1.21. The minimum absolute atomic E-state index is 0.0609. The Morgan fingerprint density at radius 2 is 0.600 bits per heavy atom. The molecule has 0 amide bonds. The van der Waals surface area contributed by atoms with E-state index in [4.69, 9.17) is 37.9 Å². The third-order valence-electron chi connectivity index (χ3n) is 7.67. The van der Waals surface area contributed by atoms with Gasteiger partial charge in [-0.25, -0.2) is 0 Å². The summed E-state index contributed by atoms with van der Waals surface area (Å²) in [5.41, 5.74) is 0. The normalized spacial score (nSPS) is 27.8. The predicted octanol–water partition coefficient (Wildman–Crippen LogP) is 5.60. The van der Waals surface area contributed by atoms with Gasteiger partial charge in [0.15, 0.2) is 23.0 Å². The van der Waals surface area contributed by atoms with E-state index < -0.39 is 0 Å². The summed E-state index contributed by atoms with van der Waals surface area (Å²) in [6.45, 7) is 3.75. The van der Waals surface area contributed by atoms with E-state index in [0.717, 1.165) is 51.4 Å². The summed E-state index contributed by atoms with van der Waals surface area (Å²) in [5, 5.41) is 0. The minimum Gasteiger partial charge on any atom is -0.487 e. The molecule has 8 nitrogen and oxygen atoms in total. The fraction of sp³-hybridized carbons (Fsp3) is 0.625. The van der Waals surface area contributed by atoms with E-state index in [0.29, 0.717) is 75.9 Å². The van der Waals surface area contributed by atoms with Crippen LogP contribution in [0, 0.1) is 0 Å². The van der Waals surface area contributed by atoms with Crippen molar-refractivity contribution in [1.29, 1.82) is 0 Å². The highest BCUT2D eigenvalue weighted by molar-refractivity contribution is 5.40. The molecule has 2 aromatic rings. The number of para-hydroxylation sites is 4. The first-order chi connectivity index (χ1) is 19.9. The molecule has 4 atom stereocenters. The van der Waals surface area contributed by atoms with Crippen LogP contribution in [0.5, 0.6) is 23.0 Å². The Labute approximate surface area is 238 Å². The second-order valence-electron chi connectivity index (χ2n) is 10.5. The van der Waals surface area contributed by atoms with Crippen LogP contribution in [-0.2, 0) is 18.9 Å². The molecule has 2 aliphatic carbocycles. The van der Waals surface area contributed by atoms with Gasteiger partial charge >= 0.3 is 0 Å². The van der Waals surface area contributed by atoms with Crippen molar-refractivity contribution in [3.05, 3.63) is 48.5 Å². The van der Waals surface area contributed by atoms with E-state index in [2.05, 4.69) is 0 Å². The van der Waals surface area contributed by atoms with Crippen LogP contribution in [0.3, 0.4) is 0 Å². The van der Waals surface area contributed by atoms with Crippen molar-refractivity contribution in [2.24, 2.45) is 0 Å². The maximum absolute atomic E-state index is 6.22. The molecule has 4 unspecified atom stereocenters. The van der Waals surface area contributed by atoms with Gasteiger partial charge in [0.1, 0.15) is 26.4 Å². The van der Waals surface area contributed by atoms with Gasteiger partial charge in [-0.15, -0.1) is 0 Å². The largest absolute Gasteiger partial charge is 0.487 e. The molecule has 5 rings (SSSR count). The number of fused-ring (bicyclic) bond motifs is 4. The summed E-state index contributed by atoms with van der Waals surface area (Å²) in [4.78, 5) is 0. The third-order valence-corrected chi connectivity index (χ3v) is 7.67. The molecule has 8 heteroatoms. The van der Waals surface area contributed by atoms with E-state index in [-0.39, 0.29) is 24.4 Å². The minimum atomic E-state index is 0.0609. The molecule has 0 aromatic heterocycles. The van der Waals surface area contributed by atoms with Crippen molar-refractivity contribution in [2.45, 2.75) is 75.8 Å². The van der Waals surface area contributed by atoms with Crippen LogP contribution in [0.4, 0.5) is 0 Å². The lowest BCUT2D eigenvalue weighted by atomic mass is 9.94. The van der Waals surface area contributed by atoms with E-state index in [1.54, 1.807) is 0 Å². The monoisotopic (exact) mass is 556 g/mol. The summed E-state index contributed by atoms with van der Waals surface area (Å²) in [5.74, 6) is 2.86. The molecule has 1 aliphatic heterocycles. The van der Waals surface area contributed by atoms with Crippen molar-refractivity contribution in [2.75, 3.05) is 52.9 Å². The van der Waals surface area contributed by atoms with Gasteiger partial charge in [0.25, 0.3) is 0 Å². The van der Waals surface area contributed by atoms with Crippen molar-refractivity contribution >= 4 is 0 Å². The Morgan fingerprint density at radius 3 is 0.850 bits per heavy atom. The molecule has 2 saturated carbocycles. The van der Waals surface area contributed by atoms with Crippen LogP contribution in [0.2, 0.25) is 0 Å². The average molecular weight is 557 g/mol. The number of ether oxygens (including phenoxy) is 8. The van der Waals surface area contributed by atoms with Crippen LogP contribution >= 0.6 is 0 Å². The summed E-state index contributed by atoms with van der Waals surface area (Å²) in [6.07, 6.45) is 8.81. The first kappa shape index (κ1) is 29.0. The maximum atomic E-state index is 6.22. The number of rotatable bonds is 0. The molecule has 0 bridgehead atoms. The van der Waals surface area contributed by atoms with Gasteiger partial charge in [0, 0.05) is 0 Å². The van der Waals surface area contributed by atoms with Gasteiger partial charge < -0.3 is 37.9 Å². The van der Waals surface area contributed by atoms with Gasteiger partial charge in [-0.1, -0.05) is 49.9 Å². The van der Waals surface area contributed by atoms with Gasteiger partial charge in [-0.3, -0.25) is 0 Å². The molecular weight excluding hydrogens is 512 g/mol. The number of hydrogen-bond acceptors (Lipinski definition) is 8. The van der Waals surface area contributed by atoms with Crippen LogP contribution < -0.4 is 18.9 Å². The van der Waals surface area contributed by atoms with Crippen LogP contribution in [0.1, 0.15) is 51.4 Å². The summed E-state index contributed by atoms with van der Waals surface area (Å²) >= 11 is 0. The Hall–Kier alpha value is -2.52. The molecule has 2 aromatic carbocycles. The molecule has 0 N–H and O–H groups in total. The van der Waals surface area contributed by atoms with Crippen molar-refractivity contribution in [1.82, 2.24) is 0 Å². The van der Waals surface area contributed by atoms with Gasteiger partial charge in [-0.05, 0) is 49.9 Å². The second kappa shape index (κ2) is 16.1. The van der Waals surface area contributed by atoms with E-state index in [1.807, 2.05) is 48.5 Å². The topological polar surface area (TPSA) is 73.8 Å². The zero-order chi connectivity index (χ0) is 27.2. The zero-order valence-electron chi connectivity index (χ0n) is 23.5. The molecule has 3 aliphatic rings. The number of benzene rings is 2. The molecule has 0 spiro atoms. The molecule has 40 heavy (non-hydrogen) atoms. The van der Waals surface area contributed by atoms with Crippen LogP contribution in [0.25, 0.3) is 0 Å². The third kappa shape index (κ3) is 8.74. The number of hydrogen-bond donors (Lipinski definition) is 0. The molecule has 220 valence electrons. The van der Waals surface area contributed by atoms with Gasteiger partial charge in [0.2, 0.25) is 0 Å². The highest BCUT2D eigenvalue weighted by Gasteiger charge is 2.28. The smallest absolute Gasteiger partial charge is 0.161 e. The van der Waals surface area contributed by atoms with Crippen molar-refractivity contribution < 1.29 is 37.9 Å². The second-order valence-corrected chi connectivity index (χ2v) is 10.5. The lowest BCUT2D eigenvalue weighted by Crippen LogP contribution is -2.36. The van der Waals surface area contributed by atoms with Crippen molar-refractivity contribution in [3.8, 4) is 23.0 Å². The molecular formula is C32H44O8. The van der Waals surface area contributed by atoms with Crippen LogP contribution in [-0.4, -0.2) is 77.3 Å².